The predicted molar refractivity (Wildman–Crippen MR) is 122 cm³/mol. The zero-order chi connectivity index (χ0) is 21.4. The van der Waals surface area contributed by atoms with Crippen molar-refractivity contribution in [3.63, 3.8) is 0 Å². The number of carbonyl (C=O) groups excluding carboxylic acids is 1. The fourth-order valence-electron chi connectivity index (χ4n) is 4.25. The minimum absolute atomic E-state index is 0.183. The van der Waals surface area contributed by atoms with Gasteiger partial charge in [-0.3, -0.25) is 4.79 Å². The average Bonchev–Trinajstić information content (AvgIpc) is 3.37. The Morgan fingerprint density at radius 2 is 1.68 bits per heavy atom. The molecule has 4 heteroatoms. The third-order valence-corrected chi connectivity index (χ3v) is 6.01. The summed E-state index contributed by atoms with van der Waals surface area (Å²) in [5.74, 6) is 1.15. The number of nitrogens with zero attached hydrogens (tertiary/aromatic N) is 2. The maximum atomic E-state index is 12.6. The van der Waals surface area contributed by atoms with Gasteiger partial charge < -0.3 is 4.98 Å². The van der Waals surface area contributed by atoms with Crippen molar-refractivity contribution < 1.29 is 4.79 Å². The molecule has 1 unspecified atom stereocenters. The molecule has 1 heterocycles. The number of benzene rings is 3. The van der Waals surface area contributed by atoms with Gasteiger partial charge >= 0.3 is 0 Å². The summed E-state index contributed by atoms with van der Waals surface area (Å²) in [7, 11) is 0. The van der Waals surface area contributed by atoms with Gasteiger partial charge in [-0.25, -0.2) is 4.98 Å². The first kappa shape index (κ1) is 19.0. The van der Waals surface area contributed by atoms with Crippen LogP contribution < -0.4 is 0 Å². The number of aromatic nitrogens is 2. The molecule has 0 amide bonds. The van der Waals surface area contributed by atoms with Crippen molar-refractivity contribution in [1.82, 2.24) is 9.97 Å². The second-order valence-electron chi connectivity index (χ2n) is 8.01. The van der Waals surface area contributed by atoms with Crippen LogP contribution in [0.5, 0.6) is 0 Å². The van der Waals surface area contributed by atoms with E-state index in [-0.39, 0.29) is 11.4 Å². The summed E-state index contributed by atoms with van der Waals surface area (Å²) in [6, 6.07) is 25.9. The normalized spacial score (nSPS) is 14.0. The van der Waals surface area contributed by atoms with Crippen LogP contribution in [-0.4, -0.2) is 15.8 Å². The number of ketones is 1. The second kappa shape index (κ2) is 7.70. The Morgan fingerprint density at radius 3 is 2.42 bits per heavy atom. The molecule has 0 bridgehead atoms. The van der Waals surface area contributed by atoms with E-state index in [1.54, 1.807) is 6.07 Å². The van der Waals surface area contributed by atoms with Crippen LogP contribution in [0.25, 0.3) is 16.6 Å². The smallest absolute Gasteiger partial charge is 0.204 e. The van der Waals surface area contributed by atoms with Gasteiger partial charge in [0.1, 0.15) is 17.5 Å². The van der Waals surface area contributed by atoms with E-state index in [2.05, 4.69) is 30.1 Å². The number of fused-ring (bicyclic) bond motifs is 2. The molecule has 1 aliphatic carbocycles. The first-order valence-corrected chi connectivity index (χ1v) is 10.5. The van der Waals surface area contributed by atoms with E-state index in [9.17, 15) is 10.1 Å². The number of aromatic amines is 1. The highest BCUT2D eigenvalue weighted by molar-refractivity contribution is 6.25. The lowest BCUT2D eigenvalue weighted by Crippen LogP contribution is -1.99. The third-order valence-electron chi connectivity index (χ3n) is 6.01. The minimum atomic E-state index is -0.183. The largest absolute Gasteiger partial charge is 0.342 e. The van der Waals surface area contributed by atoms with Crippen molar-refractivity contribution in [2.45, 2.75) is 25.7 Å². The highest BCUT2D eigenvalue weighted by atomic mass is 16.1. The molecule has 4 nitrogen and oxygen atoms in total. The zero-order valence-corrected chi connectivity index (χ0v) is 17.2. The molecule has 0 spiro atoms. The number of hydrogen-bond acceptors (Lipinski definition) is 3. The maximum absolute atomic E-state index is 12.6. The lowest BCUT2D eigenvalue weighted by Gasteiger charge is -2.10. The zero-order valence-electron chi connectivity index (χ0n) is 17.2. The van der Waals surface area contributed by atoms with Crippen molar-refractivity contribution in [2.75, 3.05) is 0 Å². The highest BCUT2D eigenvalue weighted by Gasteiger charge is 2.30. The number of para-hydroxylation sites is 2. The van der Waals surface area contributed by atoms with E-state index in [0.29, 0.717) is 11.5 Å². The summed E-state index contributed by atoms with van der Waals surface area (Å²) < 4.78 is 0. The number of rotatable bonds is 5. The molecule has 0 radical (unpaired) electrons. The first-order chi connectivity index (χ1) is 15.2. The maximum Gasteiger partial charge on any atom is 0.204 e. The van der Waals surface area contributed by atoms with Gasteiger partial charge in [-0.2, -0.15) is 5.26 Å². The van der Waals surface area contributed by atoms with Crippen molar-refractivity contribution in [1.29, 1.82) is 5.26 Å². The highest BCUT2D eigenvalue weighted by Crippen LogP contribution is 2.37. The number of hydrogen-bond donors (Lipinski definition) is 1. The molecule has 0 saturated carbocycles. The molecule has 4 aromatic rings. The summed E-state index contributed by atoms with van der Waals surface area (Å²) in [6.07, 6.45) is 1.91. The van der Waals surface area contributed by atoms with Crippen molar-refractivity contribution >= 4 is 22.4 Å². The summed E-state index contributed by atoms with van der Waals surface area (Å²) in [5.41, 5.74) is 6.63. The van der Waals surface area contributed by atoms with E-state index in [4.69, 9.17) is 4.98 Å². The summed E-state index contributed by atoms with van der Waals surface area (Å²) in [6.45, 7) is 2.19. The van der Waals surface area contributed by atoms with Crippen molar-refractivity contribution in [3.8, 4) is 6.07 Å². The van der Waals surface area contributed by atoms with Gasteiger partial charge in [-0.15, -0.1) is 0 Å². The van der Waals surface area contributed by atoms with Gasteiger partial charge in [0.05, 0.1) is 11.0 Å². The first-order valence-electron chi connectivity index (χ1n) is 10.5. The molecule has 0 aliphatic heterocycles. The molecule has 1 atom stereocenters. The Kier molecular flexibility index (Phi) is 4.72. The number of allylic oxidation sites excluding steroid dienone is 1. The predicted octanol–water partition coefficient (Wildman–Crippen LogP) is 5.82. The summed E-state index contributed by atoms with van der Waals surface area (Å²) in [5, 5.41) is 9.56. The van der Waals surface area contributed by atoms with E-state index in [0.717, 1.165) is 46.4 Å². The number of Topliss-reactive ketones (excluding diaryl/α,β-unsaturated/α-hetero) is 1. The van der Waals surface area contributed by atoms with Crippen LogP contribution in [-0.2, 0) is 6.42 Å². The number of nitrogens with one attached hydrogen (secondary N) is 1. The third kappa shape index (κ3) is 3.35. The molecule has 150 valence electrons. The molecule has 3 aromatic carbocycles. The Labute approximate surface area is 180 Å². The van der Waals surface area contributed by atoms with Crippen LogP contribution in [0.4, 0.5) is 0 Å². The van der Waals surface area contributed by atoms with Gasteiger partial charge in [0.2, 0.25) is 5.78 Å². The Hall–Kier alpha value is -3.97. The van der Waals surface area contributed by atoms with Crippen molar-refractivity contribution in [2.24, 2.45) is 0 Å². The average molecular weight is 403 g/mol. The molecular formula is C27H21N3O. The molecular weight excluding hydrogens is 382 g/mol. The number of imidazole rings is 1. The fraction of sp³-hybridized carbons (Fsp3) is 0.148. The molecule has 0 saturated heterocycles. The SMILES string of the molecule is CC(CCc1ccc(C2=C(C#N)C(=O)c3ccccc32)cc1)c1nc2ccccc2[nH]1. The monoisotopic (exact) mass is 403 g/mol. The van der Waals surface area contributed by atoms with Crippen LogP contribution in [0.3, 0.4) is 0 Å². The van der Waals surface area contributed by atoms with Crippen LogP contribution in [0, 0.1) is 11.3 Å². The number of aryl methyl sites for hydroxylation is 1. The fourth-order valence-corrected chi connectivity index (χ4v) is 4.25. The second-order valence-corrected chi connectivity index (χ2v) is 8.01. The van der Waals surface area contributed by atoms with Gasteiger partial charge in [0.15, 0.2) is 0 Å². The van der Waals surface area contributed by atoms with Crippen molar-refractivity contribution in [3.05, 3.63) is 106 Å². The standard InChI is InChI=1S/C27H21N3O/c1-17(27-29-23-8-4-5-9-24(23)30-27)10-11-18-12-14-19(15-13-18)25-20-6-2-3-7-21(20)26(31)22(25)16-28/h2-9,12-15,17H,10-11H2,1H3,(H,29,30). The van der Waals surface area contributed by atoms with Gasteiger partial charge in [-0.1, -0.05) is 67.6 Å². The van der Waals surface area contributed by atoms with Crippen LogP contribution in [0.15, 0.2) is 78.4 Å². The Balaban J connectivity index is 1.34. The minimum Gasteiger partial charge on any atom is -0.342 e. The molecule has 31 heavy (non-hydrogen) atoms. The van der Waals surface area contributed by atoms with E-state index in [1.807, 2.05) is 54.6 Å². The molecule has 1 aromatic heterocycles. The Bertz CT molecular complexity index is 1340. The number of carbonyl (C=O) groups is 1. The lowest BCUT2D eigenvalue weighted by atomic mass is 9.95. The number of H-pyrrole nitrogens is 1. The lowest BCUT2D eigenvalue weighted by molar-refractivity contribution is 0.104. The van der Waals surface area contributed by atoms with Crippen LogP contribution in [0.1, 0.15) is 52.1 Å². The summed E-state index contributed by atoms with van der Waals surface area (Å²) in [4.78, 5) is 20.7. The van der Waals surface area contributed by atoms with E-state index >= 15 is 0 Å². The summed E-state index contributed by atoms with van der Waals surface area (Å²) >= 11 is 0. The quantitative estimate of drug-likeness (QED) is 0.456. The van der Waals surface area contributed by atoms with E-state index in [1.165, 1.54) is 5.56 Å². The molecule has 1 aliphatic rings. The number of nitriles is 1. The Morgan fingerprint density at radius 1 is 0.968 bits per heavy atom. The topological polar surface area (TPSA) is 69.5 Å². The van der Waals surface area contributed by atoms with Crippen LogP contribution >= 0.6 is 0 Å². The molecule has 1 N–H and O–H groups in total. The van der Waals surface area contributed by atoms with E-state index < -0.39 is 0 Å². The molecule has 5 rings (SSSR count). The van der Waals surface area contributed by atoms with Gasteiger partial charge in [-0.05, 0) is 41.7 Å². The molecule has 0 fully saturated rings. The van der Waals surface area contributed by atoms with Crippen LogP contribution in [0.2, 0.25) is 0 Å². The van der Waals surface area contributed by atoms with Gasteiger partial charge in [0.25, 0.3) is 0 Å². The van der Waals surface area contributed by atoms with Gasteiger partial charge in [0, 0.05) is 17.1 Å².